The number of hydrogen-bond donors (Lipinski definition) is 2. The molecule has 0 bridgehead atoms. The number of nitrogens with one attached hydrogen (secondary N) is 2. The molecule has 1 aliphatic heterocycles. The molecule has 3 amide bonds. The molecule has 3 aromatic rings. The molecule has 0 radical (unpaired) electrons. The van der Waals surface area contributed by atoms with Gasteiger partial charge < -0.3 is 15.5 Å². The van der Waals surface area contributed by atoms with Crippen molar-refractivity contribution in [3.8, 4) is 6.07 Å². The fraction of sp³-hybridized carbons (Fsp3) is 0.269. The molecular formula is C26H21F5N6O3. The van der Waals surface area contributed by atoms with Gasteiger partial charge in [0.05, 0.1) is 43.0 Å². The summed E-state index contributed by atoms with van der Waals surface area (Å²) in [6, 6.07) is 10.8. The number of carbonyl (C=O) groups excluding carboxylic acids is 3. The fourth-order valence-electron chi connectivity index (χ4n) is 4.02. The van der Waals surface area contributed by atoms with Crippen molar-refractivity contribution in [1.29, 1.82) is 5.26 Å². The zero-order valence-electron chi connectivity index (χ0n) is 20.6. The maximum Gasteiger partial charge on any atom is 0.416 e. The predicted octanol–water partition coefficient (Wildman–Crippen LogP) is 3.69. The van der Waals surface area contributed by atoms with Crippen molar-refractivity contribution >= 4 is 23.4 Å². The van der Waals surface area contributed by atoms with Gasteiger partial charge in [0.15, 0.2) is 0 Å². The lowest BCUT2D eigenvalue weighted by atomic mass is 10.1. The summed E-state index contributed by atoms with van der Waals surface area (Å²) in [5.41, 5.74) is 0.481. The Morgan fingerprint density at radius 2 is 1.70 bits per heavy atom. The highest BCUT2D eigenvalue weighted by Gasteiger charge is 2.47. The van der Waals surface area contributed by atoms with Crippen LogP contribution in [0.25, 0.3) is 0 Å². The molecule has 9 nitrogen and oxygen atoms in total. The van der Waals surface area contributed by atoms with Crippen molar-refractivity contribution in [2.24, 2.45) is 0 Å². The van der Waals surface area contributed by atoms with E-state index in [4.69, 9.17) is 5.26 Å². The molecular weight excluding hydrogens is 539 g/mol. The minimum Gasteiger partial charge on any atom is -0.343 e. The average Bonchev–Trinajstić information content (AvgIpc) is 3.51. The van der Waals surface area contributed by atoms with Crippen molar-refractivity contribution in [2.45, 2.75) is 31.1 Å². The van der Waals surface area contributed by atoms with E-state index in [2.05, 4.69) is 15.7 Å². The Balaban J connectivity index is 1.28. The molecule has 1 aliphatic rings. The van der Waals surface area contributed by atoms with E-state index < -0.39 is 60.9 Å². The highest BCUT2D eigenvalue weighted by atomic mass is 19.4. The van der Waals surface area contributed by atoms with Crippen LogP contribution in [-0.2, 0) is 17.5 Å². The van der Waals surface area contributed by atoms with E-state index in [0.29, 0.717) is 5.69 Å². The smallest absolute Gasteiger partial charge is 0.343 e. The molecule has 2 aromatic carbocycles. The van der Waals surface area contributed by atoms with Crippen molar-refractivity contribution in [3.05, 3.63) is 83.2 Å². The molecule has 1 atom stereocenters. The van der Waals surface area contributed by atoms with Crippen LogP contribution < -0.4 is 10.6 Å². The van der Waals surface area contributed by atoms with Gasteiger partial charge in [0.2, 0.25) is 5.91 Å². The van der Waals surface area contributed by atoms with Crippen LogP contribution in [0.1, 0.15) is 38.3 Å². The Morgan fingerprint density at radius 3 is 2.33 bits per heavy atom. The maximum atomic E-state index is 13.5. The third kappa shape index (κ3) is 6.79. The summed E-state index contributed by atoms with van der Waals surface area (Å²) >= 11 is 0. The predicted molar refractivity (Wildman–Crippen MR) is 130 cm³/mol. The Morgan fingerprint density at radius 1 is 1.02 bits per heavy atom. The molecule has 0 saturated carbocycles. The molecule has 0 spiro atoms. The number of carbonyl (C=O) groups is 3. The quantitative estimate of drug-likeness (QED) is 0.427. The topological polar surface area (TPSA) is 120 Å². The van der Waals surface area contributed by atoms with Gasteiger partial charge in [0, 0.05) is 23.9 Å². The van der Waals surface area contributed by atoms with Crippen molar-refractivity contribution in [3.63, 3.8) is 0 Å². The number of nitrogens with zero attached hydrogens (tertiary/aromatic N) is 4. The molecule has 1 aromatic heterocycles. The molecule has 14 heteroatoms. The number of alkyl halides is 5. The van der Waals surface area contributed by atoms with Crippen LogP contribution in [0.4, 0.5) is 27.6 Å². The number of likely N-dealkylation sites (tertiary alicyclic amines) is 1. The third-order valence-electron chi connectivity index (χ3n) is 6.07. The Labute approximate surface area is 224 Å². The summed E-state index contributed by atoms with van der Waals surface area (Å²) in [4.78, 5) is 37.7. The molecule has 2 N–H and O–H groups in total. The van der Waals surface area contributed by atoms with E-state index in [0.717, 1.165) is 34.7 Å². The maximum absolute atomic E-state index is 13.5. The lowest BCUT2D eigenvalue weighted by Crippen LogP contribution is -2.42. The average molecular weight is 560 g/mol. The van der Waals surface area contributed by atoms with Crippen LogP contribution in [0.3, 0.4) is 0 Å². The molecule has 4 rings (SSSR count). The molecule has 208 valence electrons. The minimum absolute atomic E-state index is 0.0596. The lowest BCUT2D eigenvalue weighted by molar-refractivity contribution is -0.137. The summed E-state index contributed by atoms with van der Waals surface area (Å²) in [7, 11) is 0. The molecule has 0 unspecified atom stereocenters. The summed E-state index contributed by atoms with van der Waals surface area (Å²) in [6.07, 6.45) is -2.56. The van der Waals surface area contributed by atoms with Gasteiger partial charge in [0.1, 0.15) is 6.04 Å². The summed E-state index contributed by atoms with van der Waals surface area (Å²) < 4.78 is 66.6. The van der Waals surface area contributed by atoms with Crippen LogP contribution in [0, 0.1) is 11.3 Å². The zero-order chi connectivity index (χ0) is 29.1. The number of benzene rings is 2. The first-order chi connectivity index (χ1) is 18.8. The monoisotopic (exact) mass is 560 g/mol. The van der Waals surface area contributed by atoms with Crippen LogP contribution in [0.5, 0.6) is 0 Å². The van der Waals surface area contributed by atoms with Gasteiger partial charge in [-0.25, -0.2) is 8.78 Å². The highest BCUT2D eigenvalue weighted by molar-refractivity contribution is 6.04. The lowest BCUT2D eigenvalue weighted by Gasteiger charge is -2.19. The van der Waals surface area contributed by atoms with E-state index in [-0.39, 0.29) is 17.7 Å². The van der Waals surface area contributed by atoms with Crippen LogP contribution in [0.15, 0.2) is 60.9 Å². The number of hydrogen-bond acceptors (Lipinski definition) is 5. The first-order valence-electron chi connectivity index (χ1n) is 11.8. The fourth-order valence-corrected chi connectivity index (χ4v) is 4.02. The van der Waals surface area contributed by atoms with Gasteiger partial charge in [-0.05, 0) is 42.0 Å². The van der Waals surface area contributed by atoms with Crippen LogP contribution in [0.2, 0.25) is 0 Å². The number of nitriles is 1. The first kappa shape index (κ1) is 28.2. The number of rotatable bonds is 7. The highest BCUT2D eigenvalue weighted by Crippen LogP contribution is 2.31. The molecule has 2 heterocycles. The van der Waals surface area contributed by atoms with Gasteiger partial charge in [-0.1, -0.05) is 12.1 Å². The second-order valence-corrected chi connectivity index (χ2v) is 9.06. The van der Waals surface area contributed by atoms with Gasteiger partial charge in [-0.2, -0.15) is 23.5 Å². The summed E-state index contributed by atoms with van der Waals surface area (Å²) in [6.45, 7) is -1.20. The normalized spacial score (nSPS) is 16.3. The number of amides is 3. The second-order valence-electron chi connectivity index (χ2n) is 9.06. The zero-order valence-corrected chi connectivity index (χ0v) is 20.6. The Hall–Kier alpha value is -4.80. The Kier molecular flexibility index (Phi) is 7.85. The SMILES string of the molecule is N#C[C@@H]1CC(F)(F)CN1C(=O)CNC(=O)c1cnn(Cc2ccc(NC(=O)c3ccc(C(F)(F)F)cc3)cc2)c1. The third-order valence-corrected chi connectivity index (χ3v) is 6.07. The number of aromatic nitrogens is 2. The van der Waals surface area contributed by atoms with Gasteiger partial charge >= 0.3 is 6.18 Å². The molecule has 1 saturated heterocycles. The van der Waals surface area contributed by atoms with E-state index in [1.807, 2.05) is 0 Å². The molecule has 1 fully saturated rings. The summed E-state index contributed by atoms with van der Waals surface area (Å²) in [5.74, 6) is -5.18. The van der Waals surface area contributed by atoms with Crippen molar-refractivity contribution in [1.82, 2.24) is 20.0 Å². The van der Waals surface area contributed by atoms with Crippen molar-refractivity contribution < 1.29 is 36.3 Å². The molecule has 40 heavy (non-hydrogen) atoms. The molecule has 0 aliphatic carbocycles. The largest absolute Gasteiger partial charge is 0.416 e. The number of anilines is 1. The van der Waals surface area contributed by atoms with Crippen LogP contribution in [-0.4, -0.2) is 57.5 Å². The van der Waals surface area contributed by atoms with Gasteiger partial charge in [0.25, 0.3) is 17.7 Å². The van der Waals surface area contributed by atoms with Gasteiger partial charge in [-0.3, -0.25) is 19.1 Å². The van der Waals surface area contributed by atoms with E-state index in [9.17, 15) is 36.3 Å². The van der Waals surface area contributed by atoms with Gasteiger partial charge in [-0.15, -0.1) is 0 Å². The standard InChI is InChI=1S/C26H21F5N6O3/c27-25(28)9-21(10-32)37(15-25)22(38)12-33-23(39)18-11-34-36(14-18)13-16-1-7-20(8-2-16)35-24(40)17-3-5-19(6-4-17)26(29,30)31/h1-8,11,14,21H,9,12-13,15H2,(H,33,39)(H,35,40)/t21-/m0/s1. The van der Waals surface area contributed by atoms with E-state index >= 15 is 0 Å². The van der Waals surface area contributed by atoms with Crippen LogP contribution >= 0.6 is 0 Å². The van der Waals surface area contributed by atoms with E-state index in [1.165, 1.54) is 17.1 Å². The first-order valence-corrected chi connectivity index (χ1v) is 11.8. The number of halogens is 5. The minimum atomic E-state index is -4.50. The van der Waals surface area contributed by atoms with Crippen molar-refractivity contribution in [2.75, 3.05) is 18.4 Å². The van der Waals surface area contributed by atoms with E-state index in [1.54, 1.807) is 30.3 Å². The summed E-state index contributed by atoms with van der Waals surface area (Å²) in [5, 5.41) is 18.0. The Bertz CT molecular complexity index is 1450. The second kappa shape index (κ2) is 11.1.